The average Bonchev–Trinajstić information content (AvgIpc) is 3.04. The Hall–Kier alpha value is -2.32. The van der Waals surface area contributed by atoms with Crippen LogP contribution in [0.5, 0.6) is 0 Å². The number of carbonyl (C=O) groups excluding carboxylic acids is 1. The van der Waals surface area contributed by atoms with Crippen LogP contribution >= 0.6 is 11.3 Å². The zero-order chi connectivity index (χ0) is 15.5. The third-order valence-electron chi connectivity index (χ3n) is 2.89. The van der Waals surface area contributed by atoms with Crippen molar-refractivity contribution in [1.82, 2.24) is 0 Å². The zero-order valence-corrected chi connectivity index (χ0v) is 13.0. The van der Waals surface area contributed by atoms with Gasteiger partial charge in [-0.3, -0.25) is 4.79 Å². The number of thiophene rings is 1. The lowest BCUT2D eigenvalue weighted by Gasteiger charge is -2.17. The number of amides is 1. The number of furan rings is 1. The molecule has 0 saturated carbocycles. The highest BCUT2D eigenvalue weighted by Crippen LogP contribution is 2.35. The minimum atomic E-state index is -0.287. The Morgan fingerprint density at radius 2 is 2.24 bits per heavy atom. The number of hydrogen-bond acceptors (Lipinski definition) is 4. The third-order valence-corrected chi connectivity index (χ3v) is 3.79. The van der Waals surface area contributed by atoms with Crippen molar-refractivity contribution in [3.05, 3.63) is 46.7 Å². The molecule has 5 heteroatoms. The highest BCUT2D eigenvalue weighted by molar-refractivity contribution is 7.14. The van der Waals surface area contributed by atoms with E-state index in [1.807, 2.05) is 26.2 Å². The largest absolute Gasteiger partial charge is 0.465 e. The van der Waals surface area contributed by atoms with Gasteiger partial charge >= 0.3 is 0 Å². The van der Waals surface area contributed by atoms with Gasteiger partial charge in [-0.2, -0.15) is 5.26 Å². The second kappa shape index (κ2) is 5.98. The summed E-state index contributed by atoms with van der Waals surface area (Å²) in [7, 11) is 0. The van der Waals surface area contributed by atoms with E-state index in [-0.39, 0.29) is 11.3 Å². The van der Waals surface area contributed by atoms with Crippen molar-refractivity contribution < 1.29 is 9.21 Å². The normalized spacial score (nSPS) is 11.5. The van der Waals surface area contributed by atoms with Crippen LogP contribution in [0.2, 0.25) is 0 Å². The van der Waals surface area contributed by atoms with Gasteiger partial charge in [0.2, 0.25) is 5.91 Å². The fourth-order valence-corrected chi connectivity index (χ4v) is 2.95. The fraction of sp³-hybridized carbons (Fsp3) is 0.250. The SMILES string of the molecule is CC(C)(C)c1csc(NC(=O)/C=C/c2ccco2)c1C#N. The Morgan fingerprint density at radius 1 is 1.48 bits per heavy atom. The molecule has 1 amide bonds. The topological polar surface area (TPSA) is 66.0 Å². The second-order valence-corrected chi connectivity index (χ2v) is 6.43. The maximum Gasteiger partial charge on any atom is 0.249 e. The molecule has 0 aliphatic carbocycles. The zero-order valence-electron chi connectivity index (χ0n) is 12.1. The molecular formula is C16H16N2O2S. The Morgan fingerprint density at radius 3 is 2.81 bits per heavy atom. The molecule has 0 fully saturated rings. The maximum atomic E-state index is 11.9. The van der Waals surface area contributed by atoms with E-state index >= 15 is 0 Å². The summed E-state index contributed by atoms with van der Waals surface area (Å²) in [5, 5.41) is 14.6. The van der Waals surface area contributed by atoms with Gasteiger partial charge in [0.1, 0.15) is 16.8 Å². The van der Waals surface area contributed by atoms with E-state index in [0.29, 0.717) is 16.3 Å². The molecule has 0 aliphatic rings. The number of nitrogens with one attached hydrogen (secondary N) is 1. The van der Waals surface area contributed by atoms with Gasteiger partial charge < -0.3 is 9.73 Å². The van der Waals surface area contributed by atoms with E-state index in [0.717, 1.165) is 5.56 Å². The van der Waals surface area contributed by atoms with Crippen LogP contribution in [-0.2, 0) is 10.2 Å². The first-order chi connectivity index (χ1) is 9.91. The van der Waals surface area contributed by atoms with Crippen LogP contribution in [0.1, 0.15) is 37.7 Å². The molecule has 21 heavy (non-hydrogen) atoms. The van der Waals surface area contributed by atoms with Gasteiger partial charge in [0.05, 0.1) is 11.8 Å². The average molecular weight is 300 g/mol. The summed E-state index contributed by atoms with van der Waals surface area (Å²) in [6.07, 6.45) is 4.51. The fourth-order valence-electron chi connectivity index (χ4n) is 1.81. The van der Waals surface area contributed by atoms with Crippen molar-refractivity contribution in [2.45, 2.75) is 26.2 Å². The smallest absolute Gasteiger partial charge is 0.249 e. The van der Waals surface area contributed by atoms with Crippen molar-refractivity contribution >= 4 is 28.3 Å². The van der Waals surface area contributed by atoms with Gasteiger partial charge in [-0.05, 0) is 34.6 Å². The van der Waals surface area contributed by atoms with Gasteiger partial charge in [0, 0.05) is 6.08 Å². The lowest BCUT2D eigenvalue weighted by molar-refractivity contribution is -0.111. The molecule has 0 aromatic carbocycles. The van der Waals surface area contributed by atoms with E-state index in [1.54, 1.807) is 24.5 Å². The quantitative estimate of drug-likeness (QED) is 0.865. The molecule has 2 aromatic heterocycles. The molecule has 2 heterocycles. The first-order valence-corrected chi connectivity index (χ1v) is 7.34. The van der Waals surface area contributed by atoms with Gasteiger partial charge in [0.25, 0.3) is 0 Å². The number of rotatable bonds is 3. The highest BCUT2D eigenvalue weighted by atomic mass is 32.1. The molecule has 0 spiro atoms. The van der Waals surface area contributed by atoms with Gasteiger partial charge in [-0.1, -0.05) is 20.8 Å². The third kappa shape index (κ3) is 3.61. The molecule has 0 bridgehead atoms. The van der Waals surface area contributed by atoms with Crippen molar-refractivity contribution in [1.29, 1.82) is 5.26 Å². The summed E-state index contributed by atoms with van der Waals surface area (Å²) in [6.45, 7) is 6.12. The van der Waals surface area contributed by atoms with Gasteiger partial charge in [0.15, 0.2) is 0 Å². The van der Waals surface area contributed by atoms with Crippen LogP contribution in [0.4, 0.5) is 5.00 Å². The first kappa shape index (κ1) is 15.1. The number of anilines is 1. The van der Waals surface area contributed by atoms with Crippen molar-refractivity contribution in [2.75, 3.05) is 5.32 Å². The summed E-state index contributed by atoms with van der Waals surface area (Å²) in [5.74, 6) is 0.317. The predicted molar refractivity (Wildman–Crippen MR) is 84.1 cm³/mol. The van der Waals surface area contributed by atoms with Crippen LogP contribution in [0.15, 0.2) is 34.3 Å². The van der Waals surface area contributed by atoms with Crippen LogP contribution in [0, 0.1) is 11.3 Å². The molecular weight excluding hydrogens is 284 g/mol. The van der Waals surface area contributed by atoms with E-state index < -0.39 is 0 Å². The van der Waals surface area contributed by atoms with Crippen molar-refractivity contribution in [3.63, 3.8) is 0 Å². The molecule has 0 atom stereocenters. The van der Waals surface area contributed by atoms with E-state index in [4.69, 9.17) is 4.42 Å². The minimum absolute atomic E-state index is 0.130. The molecule has 0 radical (unpaired) electrons. The maximum absolute atomic E-state index is 11.9. The summed E-state index contributed by atoms with van der Waals surface area (Å²) in [5.41, 5.74) is 1.35. The van der Waals surface area contributed by atoms with Crippen molar-refractivity contribution in [3.8, 4) is 6.07 Å². The highest BCUT2D eigenvalue weighted by Gasteiger charge is 2.22. The standard InChI is InChI=1S/C16H16N2O2S/c1-16(2,3)13-10-21-15(12(13)9-17)18-14(19)7-6-11-5-4-8-20-11/h4-8,10H,1-3H3,(H,18,19)/b7-6+. The number of nitriles is 1. The van der Waals surface area contributed by atoms with Crippen LogP contribution in [0.3, 0.4) is 0 Å². The first-order valence-electron chi connectivity index (χ1n) is 6.46. The van der Waals surface area contributed by atoms with Crippen LogP contribution in [-0.4, -0.2) is 5.91 Å². The summed E-state index contributed by atoms with van der Waals surface area (Å²) in [4.78, 5) is 11.9. The van der Waals surface area contributed by atoms with Gasteiger partial charge in [-0.15, -0.1) is 11.3 Å². The summed E-state index contributed by atoms with van der Waals surface area (Å²) in [6, 6.07) is 5.69. The Balaban J connectivity index is 2.15. The minimum Gasteiger partial charge on any atom is -0.465 e. The molecule has 2 aromatic rings. The molecule has 0 unspecified atom stereocenters. The number of carbonyl (C=O) groups is 1. The number of nitrogens with zero attached hydrogens (tertiary/aromatic N) is 1. The van der Waals surface area contributed by atoms with Crippen LogP contribution < -0.4 is 5.32 Å². The molecule has 0 saturated heterocycles. The Kier molecular flexibility index (Phi) is 4.29. The second-order valence-electron chi connectivity index (χ2n) is 5.55. The molecule has 108 valence electrons. The Labute approximate surface area is 127 Å². The molecule has 4 nitrogen and oxygen atoms in total. The lowest BCUT2D eigenvalue weighted by atomic mass is 9.86. The van der Waals surface area contributed by atoms with Crippen molar-refractivity contribution in [2.24, 2.45) is 0 Å². The monoisotopic (exact) mass is 300 g/mol. The summed E-state index contributed by atoms with van der Waals surface area (Å²) < 4.78 is 5.11. The summed E-state index contributed by atoms with van der Waals surface area (Å²) >= 11 is 1.37. The van der Waals surface area contributed by atoms with E-state index in [9.17, 15) is 10.1 Å². The van der Waals surface area contributed by atoms with E-state index in [1.165, 1.54) is 17.4 Å². The predicted octanol–water partition coefficient (Wildman–Crippen LogP) is 4.16. The van der Waals surface area contributed by atoms with Gasteiger partial charge in [-0.25, -0.2) is 0 Å². The molecule has 0 aliphatic heterocycles. The number of hydrogen-bond donors (Lipinski definition) is 1. The Bertz CT molecular complexity index is 698. The lowest BCUT2D eigenvalue weighted by Crippen LogP contribution is -2.13. The van der Waals surface area contributed by atoms with Crippen LogP contribution in [0.25, 0.3) is 6.08 Å². The molecule has 1 N–H and O–H groups in total. The molecule has 2 rings (SSSR count). The van der Waals surface area contributed by atoms with E-state index in [2.05, 4.69) is 11.4 Å².